The van der Waals surface area contributed by atoms with Gasteiger partial charge in [0, 0.05) is 0 Å². The van der Waals surface area contributed by atoms with Gasteiger partial charge >= 0.3 is 0 Å². The fourth-order valence-corrected chi connectivity index (χ4v) is 0. The Morgan fingerprint density at radius 2 is 1.71 bits per heavy atom. The third-order valence-electron chi connectivity index (χ3n) is 0.134. The molecule has 0 bridgehead atoms. The maximum Gasteiger partial charge on any atom is 0.179 e. The fraction of sp³-hybridized carbons (Fsp3) is 1.00. The number of hydrogen-bond donors (Lipinski definition) is 0. The number of rotatable bonds is 1. The number of alkyl halides is 1. The summed E-state index contributed by atoms with van der Waals surface area (Å²) in [6.45, 7) is 0. The Morgan fingerprint density at radius 3 is 1.71 bits per heavy atom. The van der Waals surface area contributed by atoms with Gasteiger partial charge in [-0.15, -0.1) is 0 Å². The van der Waals surface area contributed by atoms with Crippen molar-refractivity contribution >= 4 is 23.6 Å². The van der Waals surface area contributed by atoms with Gasteiger partial charge in [0.25, 0.3) is 0 Å². The third kappa shape index (κ3) is 10.7. The van der Waals surface area contributed by atoms with Crippen molar-refractivity contribution in [3.63, 3.8) is 0 Å². The molecule has 0 aliphatic heterocycles. The Bertz CT molecular complexity index is 115. The second-order valence-electron chi connectivity index (χ2n) is 0.667. The summed E-state index contributed by atoms with van der Waals surface area (Å²) >= 11 is 0. The summed E-state index contributed by atoms with van der Waals surface area (Å²) in [4.78, 5) is 0. The van der Waals surface area contributed by atoms with Crippen LogP contribution < -0.4 is 0 Å². The lowest BCUT2D eigenvalue weighted by Gasteiger charge is -1.94. The molecule has 0 aromatic heterocycles. The van der Waals surface area contributed by atoms with Crippen molar-refractivity contribution in [3.05, 3.63) is 0 Å². The minimum Gasteiger partial charge on any atom is -0.746 e. The van der Waals surface area contributed by atoms with Crippen LogP contribution in [-0.4, -0.2) is 19.0 Å². The zero-order valence-electron chi connectivity index (χ0n) is 3.30. The zero-order chi connectivity index (χ0) is 5.21. The summed E-state index contributed by atoms with van der Waals surface area (Å²) in [6.07, 6.45) is 0. The molecule has 0 amide bonds. The maximum absolute atomic E-state index is 10.6. The van der Waals surface area contributed by atoms with E-state index in [0.29, 0.717) is 0 Å². The van der Waals surface area contributed by atoms with Crippen LogP contribution in [0.2, 0.25) is 0 Å². The van der Waals surface area contributed by atoms with Crippen LogP contribution in [-0.2, 0) is 23.6 Å². The normalized spacial score (nSPS) is 10.0. The molecule has 0 atom stereocenters. The van der Waals surface area contributed by atoms with Gasteiger partial charge in [0.15, 0.2) is 6.01 Å². The lowest BCUT2D eigenvalue weighted by atomic mass is 11.8. The molecule has 0 spiro atoms. The van der Waals surface area contributed by atoms with E-state index in [1.165, 1.54) is 0 Å². The number of hydrogen-bond acceptors (Lipinski definition) is 3. The van der Waals surface area contributed by atoms with E-state index in [1.54, 1.807) is 0 Å². The highest BCUT2D eigenvalue weighted by atomic mass is 32.2. The molecular formula is CH5FO3S2. The van der Waals surface area contributed by atoms with Crippen LogP contribution in [0.1, 0.15) is 0 Å². The van der Waals surface area contributed by atoms with Crippen molar-refractivity contribution in [2.24, 2.45) is 0 Å². The summed E-state index contributed by atoms with van der Waals surface area (Å²) in [5.41, 5.74) is 0. The van der Waals surface area contributed by atoms with E-state index in [-0.39, 0.29) is 13.5 Å². The molecule has 6 heteroatoms. The molecule has 0 aliphatic rings. The predicted molar refractivity (Wildman–Crippen MR) is 27.2 cm³/mol. The molecule has 0 heterocycles. The van der Waals surface area contributed by atoms with Crippen LogP contribution in [0.4, 0.5) is 4.39 Å². The molecule has 7 heavy (non-hydrogen) atoms. The first-order valence-corrected chi connectivity index (χ1v) is 2.63. The van der Waals surface area contributed by atoms with Crippen LogP contribution in [0.25, 0.3) is 0 Å². The Hall–Kier alpha value is 0.190. The molecule has 0 aliphatic carbocycles. The molecule has 0 unspecified atom stereocenters. The van der Waals surface area contributed by atoms with Crippen molar-refractivity contribution in [1.29, 1.82) is 0 Å². The topological polar surface area (TPSA) is 57.2 Å². The molecule has 0 N–H and O–H groups in total. The molecule has 0 rings (SSSR count). The van der Waals surface area contributed by atoms with Crippen molar-refractivity contribution in [3.8, 4) is 0 Å². The lowest BCUT2D eigenvalue weighted by molar-refractivity contribution is 0.431. The Labute approximate surface area is 47.7 Å². The molecule has 0 saturated carbocycles. The molecule has 0 aromatic carbocycles. The van der Waals surface area contributed by atoms with E-state index in [1.807, 2.05) is 0 Å². The van der Waals surface area contributed by atoms with E-state index in [0.717, 1.165) is 0 Å². The summed E-state index contributed by atoms with van der Waals surface area (Å²) < 4.78 is 37.8. The summed E-state index contributed by atoms with van der Waals surface area (Å²) in [5.74, 6) is 0. The second-order valence-corrected chi connectivity index (χ2v) is 2.00. The molecular weight excluding hydrogens is 143 g/mol. The SMILES string of the molecule is O=S(=O)([O-])CF.[SH3+]. The van der Waals surface area contributed by atoms with E-state index in [9.17, 15) is 4.39 Å². The Morgan fingerprint density at radius 1 is 1.57 bits per heavy atom. The van der Waals surface area contributed by atoms with Gasteiger partial charge in [-0.05, 0) is 0 Å². The average molecular weight is 148 g/mol. The highest BCUT2D eigenvalue weighted by Crippen LogP contribution is 1.77. The average Bonchev–Trinajstić information content (AvgIpc) is 1.35. The quantitative estimate of drug-likeness (QED) is 0.341. The first kappa shape index (κ1) is 10.2. The monoisotopic (exact) mass is 148 g/mol. The van der Waals surface area contributed by atoms with Gasteiger partial charge in [-0.25, -0.2) is 12.8 Å². The van der Waals surface area contributed by atoms with Crippen LogP contribution in [0.15, 0.2) is 0 Å². The minimum absolute atomic E-state index is 0. The zero-order valence-corrected chi connectivity index (χ0v) is 5.27. The molecule has 3 nitrogen and oxygen atoms in total. The molecule has 0 saturated heterocycles. The Kier molecular flexibility index (Phi) is 4.71. The molecule has 0 aromatic rings. The van der Waals surface area contributed by atoms with Gasteiger partial charge < -0.3 is 4.55 Å². The summed E-state index contributed by atoms with van der Waals surface area (Å²) in [6, 6.07) is -1.81. The highest BCUT2D eigenvalue weighted by molar-refractivity contribution is 7.85. The first-order chi connectivity index (χ1) is 2.56. The van der Waals surface area contributed by atoms with E-state index in [2.05, 4.69) is 0 Å². The summed E-state index contributed by atoms with van der Waals surface area (Å²) in [5, 5.41) is 0. The van der Waals surface area contributed by atoms with E-state index in [4.69, 9.17) is 13.0 Å². The second kappa shape index (κ2) is 3.23. The van der Waals surface area contributed by atoms with Crippen molar-refractivity contribution in [2.45, 2.75) is 0 Å². The van der Waals surface area contributed by atoms with Crippen molar-refractivity contribution in [1.82, 2.24) is 0 Å². The van der Waals surface area contributed by atoms with Gasteiger partial charge in [0.2, 0.25) is 0 Å². The smallest absolute Gasteiger partial charge is 0.179 e. The van der Waals surface area contributed by atoms with Crippen LogP contribution in [0, 0.1) is 0 Å². The van der Waals surface area contributed by atoms with Crippen LogP contribution >= 0.6 is 0 Å². The van der Waals surface area contributed by atoms with Crippen molar-refractivity contribution < 1.29 is 17.4 Å². The standard InChI is InChI=1S/CH3FO3S.H2S/c2-1-6(3,4)5;/h1H2,(H,3,4,5);1H2. The van der Waals surface area contributed by atoms with E-state index >= 15 is 0 Å². The van der Waals surface area contributed by atoms with Crippen molar-refractivity contribution in [2.75, 3.05) is 6.01 Å². The van der Waals surface area contributed by atoms with Gasteiger partial charge in [-0.1, -0.05) is 13.5 Å². The van der Waals surface area contributed by atoms with E-state index < -0.39 is 16.1 Å². The number of halogens is 1. The molecule has 0 fully saturated rings. The van der Waals surface area contributed by atoms with Gasteiger partial charge in [-0.2, -0.15) is 0 Å². The van der Waals surface area contributed by atoms with Crippen LogP contribution in [0.3, 0.4) is 0 Å². The largest absolute Gasteiger partial charge is 0.746 e. The highest BCUT2D eigenvalue weighted by Gasteiger charge is 1.84. The predicted octanol–water partition coefficient (Wildman–Crippen LogP) is -1.35. The van der Waals surface area contributed by atoms with Gasteiger partial charge in [0.1, 0.15) is 10.1 Å². The lowest BCUT2D eigenvalue weighted by Crippen LogP contribution is -1.97. The minimum atomic E-state index is -4.58. The summed E-state index contributed by atoms with van der Waals surface area (Å²) in [7, 11) is -4.58. The maximum atomic E-state index is 10.6. The van der Waals surface area contributed by atoms with Gasteiger partial charge in [-0.3, -0.25) is 0 Å². The third-order valence-corrected chi connectivity index (χ3v) is 0.401. The molecule has 46 valence electrons. The molecule has 0 radical (unpaired) electrons. The van der Waals surface area contributed by atoms with Gasteiger partial charge in [0.05, 0.1) is 0 Å². The fourth-order valence-electron chi connectivity index (χ4n) is 0. The first-order valence-electron chi connectivity index (χ1n) is 1.06. The van der Waals surface area contributed by atoms with Crippen LogP contribution in [0.5, 0.6) is 0 Å². The Balaban J connectivity index is 0.